The molecule has 16 heavy (non-hydrogen) atoms. The van der Waals surface area contributed by atoms with Crippen LogP contribution < -0.4 is 0 Å². The molecule has 1 heterocycles. The van der Waals surface area contributed by atoms with Crippen molar-refractivity contribution in [2.24, 2.45) is 0 Å². The van der Waals surface area contributed by atoms with E-state index in [-0.39, 0.29) is 0 Å². The molecule has 1 aromatic heterocycles. The highest BCUT2D eigenvalue weighted by atomic mass is 16.1. The average molecular weight is 220 g/mol. The number of nitrogens with zero attached hydrogens (tertiary/aromatic N) is 2. The largest absolute Gasteiger partial charge is 0.334 e. The summed E-state index contributed by atoms with van der Waals surface area (Å²) >= 11 is 0. The highest BCUT2D eigenvalue weighted by molar-refractivity contribution is 5.75. The Hall–Kier alpha value is -1.12. The van der Waals surface area contributed by atoms with Gasteiger partial charge in [0.15, 0.2) is 0 Å². The number of aryl methyl sites for hydroxylation is 2. The van der Waals surface area contributed by atoms with Gasteiger partial charge in [-0.05, 0) is 45.4 Å². The number of unbranched alkanes of at least 4 members (excludes halogenated alkanes) is 1. The van der Waals surface area contributed by atoms with Gasteiger partial charge in [0, 0.05) is 18.7 Å². The fourth-order valence-corrected chi connectivity index (χ4v) is 2.38. The average Bonchev–Trinajstić information content (AvgIpc) is 2.68. The Morgan fingerprint density at radius 3 is 3.00 bits per heavy atom. The third-order valence-corrected chi connectivity index (χ3v) is 3.29. The Bertz CT molecular complexity index is 368. The molecule has 0 atom stereocenters. The van der Waals surface area contributed by atoms with Crippen LogP contribution in [-0.2, 0) is 24.2 Å². The molecule has 2 rings (SSSR count). The Balaban J connectivity index is 1.85. The van der Waals surface area contributed by atoms with Gasteiger partial charge in [-0.25, -0.2) is 4.98 Å². The van der Waals surface area contributed by atoms with E-state index in [1.165, 1.54) is 30.7 Å². The number of hydrogen-bond acceptors (Lipinski definition) is 2. The van der Waals surface area contributed by atoms with E-state index in [1.54, 1.807) is 6.92 Å². The van der Waals surface area contributed by atoms with Gasteiger partial charge in [0.2, 0.25) is 0 Å². The third-order valence-electron chi connectivity index (χ3n) is 3.29. The molecule has 0 N–H and O–H groups in total. The summed E-state index contributed by atoms with van der Waals surface area (Å²) in [5.74, 6) is 0.299. The van der Waals surface area contributed by atoms with E-state index in [4.69, 9.17) is 0 Å². The normalized spacial score (nSPS) is 14.8. The molecule has 0 bridgehead atoms. The second-order valence-corrected chi connectivity index (χ2v) is 4.70. The third kappa shape index (κ3) is 2.71. The first-order valence-electron chi connectivity index (χ1n) is 6.29. The number of aromatic nitrogens is 2. The fourth-order valence-electron chi connectivity index (χ4n) is 2.38. The van der Waals surface area contributed by atoms with Crippen molar-refractivity contribution in [3.8, 4) is 0 Å². The number of carbonyl (C=O) groups excluding carboxylic acids is 1. The van der Waals surface area contributed by atoms with Crippen LogP contribution in [0.25, 0.3) is 0 Å². The number of rotatable bonds is 5. The molecular formula is C13H20N2O. The maximum atomic E-state index is 10.8. The Morgan fingerprint density at radius 1 is 1.38 bits per heavy atom. The van der Waals surface area contributed by atoms with Gasteiger partial charge in [-0.3, -0.25) is 0 Å². The molecule has 0 saturated heterocycles. The molecule has 88 valence electrons. The summed E-state index contributed by atoms with van der Waals surface area (Å²) in [7, 11) is 0. The van der Waals surface area contributed by atoms with Crippen molar-refractivity contribution < 1.29 is 4.79 Å². The fraction of sp³-hybridized carbons (Fsp3) is 0.692. The zero-order chi connectivity index (χ0) is 11.4. The van der Waals surface area contributed by atoms with Gasteiger partial charge < -0.3 is 9.36 Å². The summed E-state index contributed by atoms with van der Waals surface area (Å²) in [6, 6.07) is 0. The zero-order valence-corrected chi connectivity index (χ0v) is 10.0. The molecule has 0 radical (unpaired) electrons. The Labute approximate surface area is 96.9 Å². The highest BCUT2D eigenvalue weighted by Crippen LogP contribution is 2.20. The lowest BCUT2D eigenvalue weighted by Gasteiger charge is -2.13. The predicted octanol–water partition coefficient (Wildman–Crippen LogP) is 2.52. The summed E-state index contributed by atoms with van der Waals surface area (Å²) in [5, 5.41) is 0. The first-order valence-corrected chi connectivity index (χ1v) is 6.29. The Morgan fingerprint density at radius 2 is 2.19 bits per heavy atom. The van der Waals surface area contributed by atoms with Crippen molar-refractivity contribution in [2.75, 3.05) is 0 Å². The van der Waals surface area contributed by atoms with E-state index in [9.17, 15) is 4.79 Å². The lowest BCUT2D eigenvalue weighted by Crippen LogP contribution is -2.08. The van der Waals surface area contributed by atoms with Crippen molar-refractivity contribution >= 4 is 5.78 Å². The number of Topliss-reactive ketones (excluding diaryl/α,β-unsaturated/α-hetero) is 1. The molecule has 0 aliphatic heterocycles. The standard InChI is InChI=1S/C13H20N2O/c1-11(16)6-4-5-9-15-10-14-12-7-2-3-8-13(12)15/h10H,2-9H2,1H3. The van der Waals surface area contributed by atoms with E-state index in [0.717, 1.165) is 32.2 Å². The van der Waals surface area contributed by atoms with E-state index in [0.29, 0.717) is 5.78 Å². The molecule has 0 unspecified atom stereocenters. The van der Waals surface area contributed by atoms with Crippen LogP contribution in [0, 0.1) is 0 Å². The van der Waals surface area contributed by atoms with Gasteiger partial charge in [-0.2, -0.15) is 0 Å². The molecule has 1 aromatic rings. The topological polar surface area (TPSA) is 34.9 Å². The zero-order valence-electron chi connectivity index (χ0n) is 10.0. The molecule has 3 nitrogen and oxygen atoms in total. The van der Waals surface area contributed by atoms with Crippen molar-refractivity contribution in [3.63, 3.8) is 0 Å². The number of ketones is 1. The van der Waals surface area contributed by atoms with E-state index in [1.807, 2.05) is 6.33 Å². The molecule has 1 aliphatic carbocycles. The number of imidazole rings is 1. The molecule has 0 spiro atoms. The summed E-state index contributed by atoms with van der Waals surface area (Å²) in [6.07, 6.45) is 9.70. The minimum atomic E-state index is 0.299. The van der Waals surface area contributed by atoms with Gasteiger partial charge >= 0.3 is 0 Å². The lowest BCUT2D eigenvalue weighted by atomic mass is 10.0. The quantitative estimate of drug-likeness (QED) is 0.715. The van der Waals surface area contributed by atoms with Gasteiger partial charge in [-0.1, -0.05) is 0 Å². The van der Waals surface area contributed by atoms with Crippen LogP contribution in [0.5, 0.6) is 0 Å². The monoisotopic (exact) mass is 220 g/mol. The summed E-state index contributed by atoms with van der Waals surface area (Å²) in [4.78, 5) is 15.3. The molecule has 1 aliphatic rings. The molecule has 0 aromatic carbocycles. The molecule has 3 heteroatoms. The van der Waals surface area contributed by atoms with Gasteiger partial charge in [0.1, 0.15) is 5.78 Å². The number of fused-ring (bicyclic) bond motifs is 1. The maximum Gasteiger partial charge on any atom is 0.129 e. The van der Waals surface area contributed by atoms with E-state index >= 15 is 0 Å². The summed E-state index contributed by atoms with van der Waals surface area (Å²) in [5.41, 5.74) is 2.74. The van der Waals surface area contributed by atoms with Crippen LogP contribution in [0.1, 0.15) is 50.4 Å². The molecule has 0 fully saturated rings. The van der Waals surface area contributed by atoms with Crippen LogP contribution in [0.4, 0.5) is 0 Å². The molecular weight excluding hydrogens is 200 g/mol. The van der Waals surface area contributed by atoms with Crippen molar-refractivity contribution in [3.05, 3.63) is 17.7 Å². The van der Waals surface area contributed by atoms with Gasteiger partial charge in [0.05, 0.1) is 12.0 Å². The van der Waals surface area contributed by atoms with Crippen LogP contribution in [0.3, 0.4) is 0 Å². The molecule has 0 amide bonds. The SMILES string of the molecule is CC(=O)CCCCn1cnc2c1CCCC2. The highest BCUT2D eigenvalue weighted by Gasteiger charge is 2.14. The van der Waals surface area contributed by atoms with Crippen LogP contribution in [-0.4, -0.2) is 15.3 Å². The van der Waals surface area contributed by atoms with Crippen molar-refractivity contribution in [1.29, 1.82) is 0 Å². The summed E-state index contributed by atoms with van der Waals surface area (Å²) in [6.45, 7) is 2.69. The van der Waals surface area contributed by atoms with E-state index < -0.39 is 0 Å². The first-order chi connectivity index (χ1) is 7.77. The number of carbonyl (C=O) groups is 1. The Kier molecular flexibility index (Phi) is 3.75. The smallest absolute Gasteiger partial charge is 0.129 e. The minimum absolute atomic E-state index is 0.299. The second kappa shape index (κ2) is 5.28. The molecule has 0 saturated carbocycles. The lowest BCUT2D eigenvalue weighted by molar-refractivity contribution is -0.117. The van der Waals surface area contributed by atoms with Gasteiger partial charge in [0.25, 0.3) is 0 Å². The first kappa shape index (κ1) is 11.4. The predicted molar refractivity (Wildman–Crippen MR) is 63.4 cm³/mol. The van der Waals surface area contributed by atoms with E-state index in [2.05, 4.69) is 9.55 Å². The van der Waals surface area contributed by atoms with Crippen molar-refractivity contribution in [1.82, 2.24) is 9.55 Å². The van der Waals surface area contributed by atoms with Crippen LogP contribution >= 0.6 is 0 Å². The second-order valence-electron chi connectivity index (χ2n) is 4.70. The van der Waals surface area contributed by atoms with Crippen LogP contribution in [0.2, 0.25) is 0 Å². The number of hydrogen-bond donors (Lipinski definition) is 0. The van der Waals surface area contributed by atoms with Crippen LogP contribution in [0.15, 0.2) is 6.33 Å². The van der Waals surface area contributed by atoms with Gasteiger partial charge in [-0.15, -0.1) is 0 Å². The van der Waals surface area contributed by atoms with Crippen molar-refractivity contribution in [2.45, 2.75) is 58.4 Å². The maximum absolute atomic E-state index is 10.8. The summed E-state index contributed by atoms with van der Waals surface area (Å²) < 4.78 is 2.29. The minimum Gasteiger partial charge on any atom is -0.334 e.